The van der Waals surface area contributed by atoms with Gasteiger partial charge < -0.3 is 19.3 Å². The van der Waals surface area contributed by atoms with Gasteiger partial charge >= 0.3 is 6.09 Å². The van der Waals surface area contributed by atoms with Crippen LogP contribution in [-0.4, -0.2) is 54.1 Å². The maximum Gasteiger partial charge on any atom is 0.410 e. The van der Waals surface area contributed by atoms with E-state index in [-0.39, 0.29) is 29.9 Å². The minimum atomic E-state index is -0.505. The SMILES string of the molecule is CC1CN(C(=O)OC(C)(C)C)CCC1c1cc2c(cc1Br)OCC1=NNC(=O)[C@@H](C)N12. The van der Waals surface area contributed by atoms with E-state index in [9.17, 15) is 9.59 Å². The smallest absolute Gasteiger partial charge is 0.410 e. The van der Waals surface area contributed by atoms with E-state index in [0.717, 1.165) is 27.9 Å². The number of likely N-dealkylation sites (tertiary alicyclic amines) is 1. The third-order valence-corrected chi connectivity index (χ3v) is 6.68. The fraction of sp³-hybridized carbons (Fsp3) is 0.591. The second-order valence-corrected chi connectivity index (χ2v) is 10.3. The molecule has 3 heterocycles. The average Bonchev–Trinajstić information content (AvgIpc) is 2.69. The molecule has 3 atom stereocenters. The lowest BCUT2D eigenvalue weighted by Crippen LogP contribution is -2.55. The number of nitrogens with zero attached hydrogens (tertiary/aromatic N) is 3. The number of benzene rings is 1. The van der Waals surface area contributed by atoms with Crippen molar-refractivity contribution in [2.24, 2.45) is 11.0 Å². The molecule has 1 aromatic carbocycles. The molecule has 1 N–H and O–H groups in total. The van der Waals surface area contributed by atoms with Crippen LogP contribution in [0.4, 0.5) is 10.5 Å². The number of rotatable bonds is 1. The number of hydrogen-bond donors (Lipinski definition) is 1. The summed E-state index contributed by atoms with van der Waals surface area (Å²) >= 11 is 3.72. The maximum absolute atomic E-state index is 12.5. The Morgan fingerprint density at radius 2 is 2.06 bits per heavy atom. The maximum atomic E-state index is 12.5. The van der Waals surface area contributed by atoms with Gasteiger partial charge in [0.25, 0.3) is 5.91 Å². The molecule has 1 fully saturated rings. The molecular formula is C22H29BrN4O4. The van der Waals surface area contributed by atoms with E-state index in [0.29, 0.717) is 25.5 Å². The van der Waals surface area contributed by atoms with Gasteiger partial charge in [0.05, 0.1) is 5.69 Å². The molecule has 0 radical (unpaired) electrons. The number of halogens is 1. The van der Waals surface area contributed by atoms with Crippen LogP contribution in [0.5, 0.6) is 5.75 Å². The van der Waals surface area contributed by atoms with E-state index >= 15 is 0 Å². The molecule has 2 unspecified atom stereocenters. The van der Waals surface area contributed by atoms with Gasteiger partial charge in [-0.1, -0.05) is 22.9 Å². The zero-order valence-corrected chi connectivity index (χ0v) is 20.2. The Labute approximate surface area is 191 Å². The van der Waals surface area contributed by atoms with Gasteiger partial charge in [0.15, 0.2) is 5.84 Å². The molecular weight excluding hydrogens is 464 g/mol. The molecule has 31 heavy (non-hydrogen) atoms. The van der Waals surface area contributed by atoms with Crippen LogP contribution in [0, 0.1) is 5.92 Å². The van der Waals surface area contributed by atoms with Crippen LogP contribution >= 0.6 is 15.9 Å². The fourth-order valence-corrected chi connectivity index (χ4v) is 5.06. The quantitative estimate of drug-likeness (QED) is 0.643. The Morgan fingerprint density at radius 3 is 2.74 bits per heavy atom. The molecule has 168 valence electrons. The van der Waals surface area contributed by atoms with Gasteiger partial charge in [-0.25, -0.2) is 10.2 Å². The van der Waals surface area contributed by atoms with Crippen molar-refractivity contribution < 1.29 is 19.1 Å². The Balaban J connectivity index is 1.59. The Bertz CT molecular complexity index is 942. The van der Waals surface area contributed by atoms with Gasteiger partial charge in [0, 0.05) is 17.6 Å². The summed E-state index contributed by atoms with van der Waals surface area (Å²) in [6.07, 6.45) is 0.569. The molecule has 1 saturated heterocycles. The van der Waals surface area contributed by atoms with E-state index in [1.54, 1.807) is 4.90 Å². The molecule has 4 rings (SSSR count). The highest BCUT2D eigenvalue weighted by Gasteiger charge is 2.38. The molecule has 3 aliphatic heterocycles. The van der Waals surface area contributed by atoms with Gasteiger partial charge in [-0.15, -0.1) is 0 Å². The summed E-state index contributed by atoms with van der Waals surface area (Å²) < 4.78 is 12.4. The van der Waals surface area contributed by atoms with Gasteiger partial charge in [0.2, 0.25) is 0 Å². The number of piperidine rings is 1. The summed E-state index contributed by atoms with van der Waals surface area (Å²) in [5.41, 5.74) is 4.06. The molecule has 8 nitrogen and oxygen atoms in total. The summed E-state index contributed by atoms with van der Waals surface area (Å²) in [7, 11) is 0. The van der Waals surface area contributed by atoms with Gasteiger partial charge in [0.1, 0.15) is 24.0 Å². The fourth-order valence-electron chi connectivity index (χ4n) is 4.45. The average molecular weight is 493 g/mol. The summed E-state index contributed by atoms with van der Waals surface area (Å²) in [4.78, 5) is 28.5. The summed E-state index contributed by atoms with van der Waals surface area (Å²) in [6, 6.07) is 3.72. The van der Waals surface area contributed by atoms with E-state index < -0.39 is 5.60 Å². The van der Waals surface area contributed by atoms with E-state index in [2.05, 4.69) is 39.4 Å². The number of amidine groups is 1. The van der Waals surface area contributed by atoms with Crippen molar-refractivity contribution in [3.8, 4) is 5.75 Å². The molecule has 9 heteroatoms. The minimum Gasteiger partial charge on any atom is -0.483 e. The third-order valence-electron chi connectivity index (χ3n) is 5.99. The summed E-state index contributed by atoms with van der Waals surface area (Å²) in [5.74, 6) is 1.79. The highest BCUT2D eigenvalue weighted by molar-refractivity contribution is 9.10. The van der Waals surface area contributed by atoms with Gasteiger partial charge in [-0.2, -0.15) is 5.10 Å². The van der Waals surface area contributed by atoms with Crippen molar-refractivity contribution in [2.45, 2.75) is 58.6 Å². The lowest BCUT2D eigenvalue weighted by molar-refractivity contribution is -0.122. The van der Waals surface area contributed by atoms with Gasteiger partial charge in [-0.3, -0.25) is 4.79 Å². The van der Waals surface area contributed by atoms with Crippen molar-refractivity contribution >= 4 is 39.5 Å². The zero-order chi connectivity index (χ0) is 22.5. The Hall–Kier alpha value is -2.29. The first-order valence-electron chi connectivity index (χ1n) is 10.6. The summed E-state index contributed by atoms with van der Waals surface area (Å²) in [5, 5.41) is 4.17. The van der Waals surface area contributed by atoms with E-state index in [1.807, 2.05) is 38.7 Å². The Kier molecular flexibility index (Phi) is 5.66. The third kappa shape index (κ3) is 4.24. The van der Waals surface area contributed by atoms with Crippen molar-refractivity contribution in [3.05, 3.63) is 22.2 Å². The molecule has 2 amide bonds. The Morgan fingerprint density at radius 1 is 1.32 bits per heavy atom. The number of fused-ring (bicyclic) bond motifs is 3. The first kappa shape index (κ1) is 21.9. The molecule has 0 aliphatic carbocycles. The lowest BCUT2D eigenvalue weighted by atomic mass is 9.81. The second-order valence-electron chi connectivity index (χ2n) is 9.48. The monoisotopic (exact) mass is 492 g/mol. The molecule has 3 aliphatic rings. The predicted molar refractivity (Wildman–Crippen MR) is 121 cm³/mol. The van der Waals surface area contributed by atoms with Gasteiger partial charge in [-0.05, 0) is 63.6 Å². The topological polar surface area (TPSA) is 83.5 Å². The van der Waals surface area contributed by atoms with Crippen molar-refractivity contribution in [1.82, 2.24) is 10.3 Å². The van der Waals surface area contributed by atoms with Crippen LogP contribution < -0.4 is 15.1 Å². The lowest BCUT2D eigenvalue weighted by Gasteiger charge is -2.40. The molecule has 0 aromatic heterocycles. The minimum absolute atomic E-state index is 0.139. The van der Waals surface area contributed by atoms with Crippen LogP contribution in [0.15, 0.2) is 21.7 Å². The van der Waals surface area contributed by atoms with Crippen LogP contribution in [0.1, 0.15) is 52.5 Å². The van der Waals surface area contributed by atoms with Crippen molar-refractivity contribution in [2.75, 3.05) is 24.6 Å². The van der Waals surface area contributed by atoms with Crippen LogP contribution in [0.25, 0.3) is 0 Å². The van der Waals surface area contributed by atoms with E-state index in [4.69, 9.17) is 9.47 Å². The largest absolute Gasteiger partial charge is 0.483 e. The number of carbonyl (C=O) groups excluding carboxylic acids is 2. The number of ether oxygens (including phenoxy) is 2. The number of hydrazone groups is 1. The number of amides is 2. The predicted octanol–water partition coefficient (Wildman–Crippen LogP) is 3.84. The first-order valence-corrected chi connectivity index (χ1v) is 11.4. The van der Waals surface area contributed by atoms with Crippen molar-refractivity contribution in [1.29, 1.82) is 0 Å². The number of carbonyl (C=O) groups is 2. The molecule has 0 saturated carbocycles. The van der Waals surface area contributed by atoms with E-state index in [1.165, 1.54) is 0 Å². The van der Waals surface area contributed by atoms with Crippen molar-refractivity contribution in [3.63, 3.8) is 0 Å². The summed E-state index contributed by atoms with van der Waals surface area (Å²) in [6.45, 7) is 11.3. The standard InChI is InChI=1S/C22H29BrN4O4/c1-12-10-26(21(29)31-22(3,4)5)7-6-14(12)15-8-17-18(9-16(15)23)30-11-19-24-25-20(28)13(2)27(17)19/h8-9,12-14H,6-7,10-11H2,1-5H3,(H,25,28)/t12?,13-,14?/m1/s1. The first-order chi connectivity index (χ1) is 14.5. The molecule has 1 aromatic rings. The molecule has 0 spiro atoms. The molecule has 0 bridgehead atoms. The zero-order valence-electron chi connectivity index (χ0n) is 18.6. The number of hydrogen-bond acceptors (Lipinski definition) is 6. The highest BCUT2D eigenvalue weighted by atomic mass is 79.9. The highest BCUT2D eigenvalue weighted by Crippen LogP contribution is 2.44. The van der Waals surface area contributed by atoms with Crippen LogP contribution in [-0.2, 0) is 9.53 Å². The normalized spacial score (nSPS) is 25.7. The number of nitrogens with one attached hydrogen (secondary N) is 1. The van der Waals surface area contributed by atoms with Crippen LogP contribution in [0.3, 0.4) is 0 Å². The number of anilines is 1. The van der Waals surface area contributed by atoms with Crippen LogP contribution in [0.2, 0.25) is 0 Å². The second kappa shape index (κ2) is 8.00.